The third-order valence-corrected chi connectivity index (χ3v) is 4.45. The fourth-order valence-electron chi connectivity index (χ4n) is 2.60. The monoisotopic (exact) mass is 394 g/mol. The van der Waals surface area contributed by atoms with E-state index in [1.807, 2.05) is 0 Å². The number of anilines is 2. The Labute approximate surface area is 156 Å². The number of fused-ring (bicyclic) bond motifs is 1. The predicted molar refractivity (Wildman–Crippen MR) is 97.3 cm³/mol. The van der Waals surface area contributed by atoms with Crippen LogP contribution in [-0.2, 0) is 20.3 Å². The highest BCUT2D eigenvalue weighted by Gasteiger charge is 2.34. The molecule has 0 saturated carbocycles. The first-order chi connectivity index (χ1) is 12.5. The summed E-state index contributed by atoms with van der Waals surface area (Å²) in [5.74, 6) is -0.386. The van der Waals surface area contributed by atoms with Gasteiger partial charge in [0.15, 0.2) is 0 Å². The number of aromatic nitrogens is 3. The lowest BCUT2D eigenvalue weighted by molar-refractivity contribution is -0.141. The van der Waals surface area contributed by atoms with E-state index in [1.165, 1.54) is 32.3 Å². The van der Waals surface area contributed by atoms with E-state index in [0.717, 1.165) is 9.13 Å². The van der Waals surface area contributed by atoms with Crippen LogP contribution in [0.5, 0.6) is 0 Å². The molecule has 0 unspecified atom stereocenters. The lowest BCUT2D eigenvalue weighted by atomic mass is 9.96. The lowest BCUT2D eigenvalue weighted by Gasteiger charge is -2.16. The van der Waals surface area contributed by atoms with Crippen molar-refractivity contribution in [2.45, 2.75) is 6.18 Å². The molecule has 11 heteroatoms. The Hall–Kier alpha value is -2.75. The third kappa shape index (κ3) is 3.20. The maximum absolute atomic E-state index is 13.3. The third-order valence-electron chi connectivity index (χ3n) is 4.02. The van der Waals surface area contributed by atoms with Crippen LogP contribution in [0.25, 0.3) is 10.9 Å². The molecule has 3 rings (SSSR count). The minimum Gasteiger partial charge on any atom is -0.338 e. The van der Waals surface area contributed by atoms with Gasteiger partial charge in [-0.1, -0.05) is 29.2 Å². The summed E-state index contributed by atoms with van der Waals surface area (Å²) in [6.45, 7) is 0. The molecule has 0 bridgehead atoms. The minimum absolute atomic E-state index is 0.0616. The molecule has 0 saturated heterocycles. The van der Waals surface area contributed by atoms with E-state index in [1.54, 1.807) is 0 Å². The van der Waals surface area contributed by atoms with Crippen LogP contribution in [0, 0.1) is 0 Å². The zero-order valence-electron chi connectivity index (χ0n) is 14.1. The van der Waals surface area contributed by atoms with Gasteiger partial charge in [-0.25, -0.2) is 9.78 Å². The number of alkyl halides is 3. The fourth-order valence-corrected chi connectivity index (χ4v) is 2.77. The molecule has 2 heterocycles. The molecule has 0 amide bonds. The van der Waals surface area contributed by atoms with Gasteiger partial charge in [0.05, 0.1) is 16.2 Å². The van der Waals surface area contributed by atoms with E-state index >= 15 is 0 Å². The second kappa shape index (κ2) is 6.45. The number of hydrogen-bond acceptors (Lipinski definition) is 4. The van der Waals surface area contributed by atoms with Crippen LogP contribution in [0.2, 0.25) is 5.02 Å². The topological polar surface area (TPSA) is 68.9 Å². The van der Waals surface area contributed by atoms with Crippen LogP contribution in [0.15, 0.2) is 33.9 Å². The molecule has 2 radical (unpaired) electrons. The van der Waals surface area contributed by atoms with Crippen molar-refractivity contribution in [1.29, 1.82) is 0 Å². The van der Waals surface area contributed by atoms with Crippen LogP contribution >= 0.6 is 11.6 Å². The Bertz CT molecular complexity index is 1190. The second-order valence-electron chi connectivity index (χ2n) is 5.79. The molecule has 0 aliphatic rings. The molecule has 3 aromatic rings. The summed E-state index contributed by atoms with van der Waals surface area (Å²) >= 11 is 6.08. The second-order valence-corrected chi connectivity index (χ2v) is 6.17. The Morgan fingerprint density at radius 1 is 1.19 bits per heavy atom. The van der Waals surface area contributed by atoms with Crippen molar-refractivity contribution in [3.63, 3.8) is 0 Å². The minimum atomic E-state index is -4.79. The Morgan fingerprint density at radius 3 is 2.48 bits per heavy atom. The van der Waals surface area contributed by atoms with Gasteiger partial charge in [-0.3, -0.25) is 13.9 Å². The van der Waals surface area contributed by atoms with Gasteiger partial charge in [0.2, 0.25) is 0 Å². The summed E-state index contributed by atoms with van der Waals surface area (Å²) in [5.41, 5.74) is -2.68. The van der Waals surface area contributed by atoms with E-state index in [2.05, 4.69) is 10.3 Å². The number of rotatable bonds is 2. The lowest BCUT2D eigenvalue weighted by Crippen LogP contribution is -2.37. The van der Waals surface area contributed by atoms with Crippen LogP contribution in [0.1, 0.15) is 5.69 Å². The van der Waals surface area contributed by atoms with Crippen LogP contribution in [0.4, 0.5) is 24.7 Å². The van der Waals surface area contributed by atoms with Crippen molar-refractivity contribution >= 4 is 47.3 Å². The molecule has 6 nitrogen and oxygen atoms in total. The highest BCUT2D eigenvalue weighted by Crippen LogP contribution is 2.33. The Balaban J connectivity index is 2.41. The number of nitrogens with zero attached hydrogens (tertiary/aromatic N) is 3. The molecule has 0 spiro atoms. The van der Waals surface area contributed by atoms with Gasteiger partial charge in [-0.2, -0.15) is 13.2 Å². The van der Waals surface area contributed by atoms with Crippen molar-refractivity contribution in [3.8, 4) is 0 Å². The van der Waals surface area contributed by atoms with Gasteiger partial charge in [0.25, 0.3) is 5.56 Å². The normalized spacial score (nSPS) is 11.8. The van der Waals surface area contributed by atoms with E-state index < -0.39 is 23.1 Å². The molecule has 0 aliphatic carbocycles. The molecule has 2 aromatic heterocycles. The number of hydrogen-bond donors (Lipinski definition) is 1. The largest absolute Gasteiger partial charge is 0.433 e. The summed E-state index contributed by atoms with van der Waals surface area (Å²) < 4.78 is 41.6. The summed E-state index contributed by atoms with van der Waals surface area (Å²) in [4.78, 5) is 28.2. The summed E-state index contributed by atoms with van der Waals surface area (Å²) in [6, 6.07) is 5.17. The SMILES string of the molecule is [B]c1cccc(Nc2nc(C(F)(F)F)cc3c2c(=O)n(C)c(=O)n3C)c1Cl. The van der Waals surface area contributed by atoms with Gasteiger partial charge >= 0.3 is 11.9 Å². The van der Waals surface area contributed by atoms with Crippen LogP contribution in [-0.4, -0.2) is 22.0 Å². The molecule has 27 heavy (non-hydrogen) atoms. The van der Waals surface area contributed by atoms with Gasteiger partial charge in [0, 0.05) is 14.1 Å². The Morgan fingerprint density at radius 2 is 1.85 bits per heavy atom. The average Bonchev–Trinajstić information content (AvgIpc) is 2.60. The summed E-state index contributed by atoms with van der Waals surface area (Å²) in [7, 11) is 8.19. The van der Waals surface area contributed by atoms with Gasteiger partial charge in [-0.05, 0) is 12.1 Å². The zero-order chi connectivity index (χ0) is 20.1. The molecular formula is C16H11BClF3N4O2. The molecule has 0 fully saturated rings. The van der Waals surface area contributed by atoms with Gasteiger partial charge in [0.1, 0.15) is 24.7 Å². The molecule has 0 aliphatic heterocycles. The summed E-state index contributed by atoms with van der Waals surface area (Å²) in [6.07, 6.45) is -4.79. The molecule has 138 valence electrons. The first-order valence-corrected chi connectivity index (χ1v) is 7.89. The summed E-state index contributed by atoms with van der Waals surface area (Å²) in [5, 5.41) is 2.50. The van der Waals surface area contributed by atoms with Crippen molar-refractivity contribution in [2.24, 2.45) is 14.1 Å². The van der Waals surface area contributed by atoms with Gasteiger partial charge < -0.3 is 5.32 Å². The van der Waals surface area contributed by atoms with Crippen molar-refractivity contribution < 1.29 is 13.2 Å². The standard InChI is InChI=1S/C16H11BClF3N4O2/c1-24-9-6-10(16(19,20)21)23-13(11(9)14(26)25(2)15(24)27)22-8-5-3-4-7(17)12(8)18/h3-6H,1-2H3,(H,22,23). The number of nitrogens with one attached hydrogen (secondary N) is 1. The molecule has 1 N–H and O–H groups in total. The van der Waals surface area contributed by atoms with Crippen LogP contribution < -0.4 is 22.0 Å². The maximum atomic E-state index is 13.3. The molecule has 0 atom stereocenters. The number of aryl methyl sites for hydroxylation is 1. The smallest absolute Gasteiger partial charge is 0.338 e. The average molecular weight is 395 g/mol. The quantitative estimate of drug-likeness (QED) is 0.674. The highest BCUT2D eigenvalue weighted by molar-refractivity contribution is 6.46. The Kier molecular flexibility index (Phi) is 4.55. The molecular weight excluding hydrogens is 383 g/mol. The van der Waals surface area contributed by atoms with E-state index in [0.29, 0.717) is 6.07 Å². The van der Waals surface area contributed by atoms with E-state index in [-0.39, 0.29) is 32.9 Å². The molecule has 1 aromatic carbocycles. The van der Waals surface area contributed by atoms with E-state index in [4.69, 9.17) is 19.4 Å². The number of pyridine rings is 1. The maximum Gasteiger partial charge on any atom is 0.433 e. The highest BCUT2D eigenvalue weighted by atomic mass is 35.5. The van der Waals surface area contributed by atoms with Gasteiger partial charge in [-0.15, -0.1) is 0 Å². The first-order valence-electron chi connectivity index (χ1n) is 7.51. The predicted octanol–water partition coefficient (Wildman–Crippen LogP) is 1.84. The first kappa shape index (κ1) is 19.0. The zero-order valence-corrected chi connectivity index (χ0v) is 14.8. The number of halogens is 4. The van der Waals surface area contributed by atoms with Crippen molar-refractivity contribution in [3.05, 3.63) is 55.8 Å². The number of benzene rings is 1. The van der Waals surface area contributed by atoms with E-state index in [9.17, 15) is 22.8 Å². The van der Waals surface area contributed by atoms with Crippen molar-refractivity contribution in [2.75, 3.05) is 5.32 Å². The van der Waals surface area contributed by atoms with Crippen LogP contribution in [0.3, 0.4) is 0 Å². The van der Waals surface area contributed by atoms with Crippen molar-refractivity contribution in [1.82, 2.24) is 14.1 Å². The fraction of sp³-hybridized carbons (Fsp3) is 0.188.